The second-order valence-corrected chi connectivity index (χ2v) is 4.09. The molecule has 0 aliphatic carbocycles. The molecule has 1 saturated heterocycles. The molecule has 1 aliphatic heterocycles. The van der Waals surface area contributed by atoms with Gasteiger partial charge >= 0.3 is 0 Å². The molecule has 1 heterocycles. The molecule has 0 unspecified atom stereocenters. The van der Waals surface area contributed by atoms with Crippen molar-refractivity contribution in [3.63, 3.8) is 0 Å². The lowest BCUT2D eigenvalue weighted by atomic mass is 10.1. The van der Waals surface area contributed by atoms with E-state index in [9.17, 15) is 0 Å². The van der Waals surface area contributed by atoms with E-state index in [4.69, 9.17) is 16.3 Å². The molecule has 0 bridgehead atoms. The lowest BCUT2D eigenvalue weighted by Crippen LogP contribution is -2.38. The molecule has 1 aliphatic rings. The number of ether oxygens (including phenoxy) is 1. The summed E-state index contributed by atoms with van der Waals surface area (Å²) in [4.78, 5) is 0. The fraction of sp³-hybridized carbons (Fsp3) is 0.455. The Kier molecular flexibility index (Phi) is 3.06. The van der Waals surface area contributed by atoms with Crippen molar-refractivity contribution >= 4 is 11.6 Å². The van der Waals surface area contributed by atoms with E-state index in [1.165, 1.54) is 0 Å². The maximum atomic E-state index is 5.92. The third kappa shape index (κ3) is 2.27. The Morgan fingerprint density at radius 1 is 1.43 bits per heavy atom. The minimum absolute atomic E-state index is 0.137. The van der Waals surface area contributed by atoms with Crippen molar-refractivity contribution < 1.29 is 4.74 Å². The van der Waals surface area contributed by atoms with Crippen LogP contribution in [0.1, 0.15) is 18.6 Å². The van der Waals surface area contributed by atoms with Crippen LogP contribution in [0, 0.1) is 0 Å². The normalized spacial score (nSPS) is 27.6. The van der Waals surface area contributed by atoms with Gasteiger partial charge in [0.05, 0.1) is 12.2 Å². The average Bonchev–Trinajstić information content (AvgIpc) is 2.18. The summed E-state index contributed by atoms with van der Waals surface area (Å²) in [6, 6.07) is 7.85. The van der Waals surface area contributed by atoms with E-state index in [1.54, 1.807) is 0 Å². The molecular weight excluding hydrogens is 198 g/mol. The Labute approximate surface area is 89.2 Å². The fourth-order valence-corrected chi connectivity index (χ4v) is 1.90. The summed E-state index contributed by atoms with van der Waals surface area (Å²) >= 11 is 5.92. The summed E-state index contributed by atoms with van der Waals surface area (Å²) in [7, 11) is 0. The standard InChI is InChI=1S/C11H14ClNO/c1-8-6-13-7-11(14-8)9-3-2-4-10(12)5-9/h2-5,8,11,13H,6-7H2,1H3/t8-,11-/m1/s1. The number of benzene rings is 1. The topological polar surface area (TPSA) is 21.3 Å². The minimum atomic E-state index is 0.137. The summed E-state index contributed by atoms with van der Waals surface area (Å²) in [5, 5.41) is 4.10. The van der Waals surface area contributed by atoms with Gasteiger partial charge in [0.1, 0.15) is 0 Å². The third-order valence-corrected chi connectivity index (χ3v) is 2.61. The first-order chi connectivity index (χ1) is 6.75. The van der Waals surface area contributed by atoms with Crippen molar-refractivity contribution in [3.8, 4) is 0 Å². The van der Waals surface area contributed by atoms with Crippen LogP contribution < -0.4 is 5.32 Å². The zero-order valence-electron chi connectivity index (χ0n) is 8.16. The first-order valence-corrected chi connectivity index (χ1v) is 5.25. The van der Waals surface area contributed by atoms with Gasteiger partial charge in [0.2, 0.25) is 0 Å². The maximum Gasteiger partial charge on any atom is 0.0954 e. The lowest BCUT2D eigenvalue weighted by molar-refractivity contribution is -0.0287. The highest BCUT2D eigenvalue weighted by atomic mass is 35.5. The Hall–Kier alpha value is -0.570. The van der Waals surface area contributed by atoms with Gasteiger partial charge in [-0.3, -0.25) is 0 Å². The highest BCUT2D eigenvalue weighted by Gasteiger charge is 2.20. The Balaban J connectivity index is 2.14. The van der Waals surface area contributed by atoms with Crippen LogP contribution in [-0.4, -0.2) is 19.2 Å². The molecule has 14 heavy (non-hydrogen) atoms. The van der Waals surface area contributed by atoms with Crippen LogP contribution in [0.4, 0.5) is 0 Å². The highest BCUT2D eigenvalue weighted by molar-refractivity contribution is 6.30. The number of morpholine rings is 1. The number of hydrogen-bond donors (Lipinski definition) is 1. The van der Waals surface area contributed by atoms with E-state index < -0.39 is 0 Å². The Morgan fingerprint density at radius 3 is 3.00 bits per heavy atom. The molecule has 1 fully saturated rings. The molecule has 0 spiro atoms. The Morgan fingerprint density at radius 2 is 2.29 bits per heavy atom. The predicted molar refractivity (Wildman–Crippen MR) is 57.6 cm³/mol. The fourth-order valence-electron chi connectivity index (χ4n) is 1.70. The predicted octanol–water partition coefficient (Wildman–Crippen LogP) is 2.39. The van der Waals surface area contributed by atoms with E-state index >= 15 is 0 Å². The van der Waals surface area contributed by atoms with Crippen LogP contribution in [-0.2, 0) is 4.74 Å². The highest BCUT2D eigenvalue weighted by Crippen LogP contribution is 2.23. The van der Waals surface area contributed by atoms with Crippen LogP contribution >= 0.6 is 11.6 Å². The zero-order chi connectivity index (χ0) is 9.97. The number of nitrogens with one attached hydrogen (secondary N) is 1. The summed E-state index contributed by atoms with van der Waals surface area (Å²) in [6.07, 6.45) is 0.408. The van der Waals surface area contributed by atoms with Gasteiger partial charge in [0, 0.05) is 18.1 Å². The summed E-state index contributed by atoms with van der Waals surface area (Å²) in [5.41, 5.74) is 1.15. The molecule has 3 heteroatoms. The number of rotatable bonds is 1. The van der Waals surface area contributed by atoms with Crippen LogP contribution in [0.2, 0.25) is 5.02 Å². The van der Waals surface area contributed by atoms with Crippen LogP contribution in [0.25, 0.3) is 0 Å². The summed E-state index contributed by atoms with van der Waals surface area (Å²) in [5.74, 6) is 0. The summed E-state index contributed by atoms with van der Waals surface area (Å²) in [6.45, 7) is 3.87. The molecule has 1 aromatic carbocycles. The van der Waals surface area contributed by atoms with Gasteiger partial charge in [-0.25, -0.2) is 0 Å². The second kappa shape index (κ2) is 4.30. The summed E-state index contributed by atoms with van der Waals surface area (Å²) < 4.78 is 5.81. The van der Waals surface area contributed by atoms with Crippen LogP contribution in [0.15, 0.2) is 24.3 Å². The molecule has 76 valence electrons. The second-order valence-electron chi connectivity index (χ2n) is 3.65. The molecule has 2 atom stereocenters. The van der Waals surface area contributed by atoms with Gasteiger partial charge in [-0.1, -0.05) is 23.7 Å². The van der Waals surface area contributed by atoms with E-state index in [0.717, 1.165) is 23.7 Å². The quantitative estimate of drug-likeness (QED) is 0.770. The third-order valence-electron chi connectivity index (χ3n) is 2.38. The number of halogens is 1. The van der Waals surface area contributed by atoms with Gasteiger partial charge in [-0.05, 0) is 24.6 Å². The smallest absolute Gasteiger partial charge is 0.0954 e. The van der Waals surface area contributed by atoms with Gasteiger partial charge in [-0.15, -0.1) is 0 Å². The van der Waals surface area contributed by atoms with Gasteiger partial charge in [0.25, 0.3) is 0 Å². The average molecular weight is 212 g/mol. The lowest BCUT2D eigenvalue weighted by Gasteiger charge is -2.29. The van der Waals surface area contributed by atoms with Crippen molar-refractivity contribution in [3.05, 3.63) is 34.9 Å². The van der Waals surface area contributed by atoms with Crippen molar-refractivity contribution in [1.29, 1.82) is 0 Å². The molecule has 0 amide bonds. The Bertz CT molecular complexity index is 316. The van der Waals surface area contributed by atoms with Gasteiger partial charge in [0.15, 0.2) is 0 Å². The minimum Gasteiger partial charge on any atom is -0.368 e. The SMILES string of the molecule is C[C@@H]1CNC[C@H](c2cccc(Cl)c2)O1. The van der Waals surface area contributed by atoms with Crippen molar-refractivity contribution in [2.45, 2.75) is 19.1 Å². The molecule has 1 aromatic rings. The molecule has 2 nitrogen and oxygen atoms in total. The van der Waals surface area contributed by atoms with Gasteiger partial charge in [-0.2, -0.15) is 0 Å². The molecule has 2 rings (SSSR count). The zero-order valence-corrected chi connectivity index (χ0v) is 8.92. The first-order valence-electron chi connectivity index (χ1n) is 4.87. The molecule has 0 aromatic heterocycles. The van der Waals surface area contributed by atoms with E-state index in [-0.39, 0.29) is 12.2 Å². The largest absolute Gasteiger partial charge is 0.368 e. The van der Waals surface area contributed by atoms with E-state index in [0.29, 0.717) is 0 Å². The molecule has 1 N–H and O–H groups in total. The van der Waals surface area contributed by atoms with Crippen molar-refractivity contribution in [1.82, 2.24) is 5.32 Å². The van der Waals surface area contributed by atoms with Gasteiger partial charge < -0.3 is 10.1 Å². The van der Waals surface area contributed by atoms with Crippen LogP contribution in [0.5, 0.6) is 0 Å². The van der Waals surface area contributed by atoms with E-state index in [1.807, 2.05) is 18.2 Å². The van der Waals surface area contributed by atoms with Crippen LogP contribution in [0.3, 0.4) is 0 Å². The molecular formula is C11H14ClNO. The van der Waals surface area contributed by atoms with E-state index in [2.05, 4.69) is 18.3 Å². The van der Waals surface area contributed by atoms with Crippen molar-refractivity contribution in [2.75, 3.05) is 13.1 Å². The van der Waals surface area contributed by atoms with Crippen molar-refractivity contribution in [2.24, 2.45) is 0 Å². The first kappa shape index (κ1) is 9.97. The molecule has 0 saturated carbocycles. The number of hydrogen-bond acceptors (Lipinski definition) is 2. The molecule has 0 radical (unpaired) electrons. The monoisotopic (exact) mass is 211 g/mol. The maximum absolute atomic E-state index is 5.92.